The van der Waals surface area contributed by atoms with Crippen LogP contribution in [0.5, 0.6) is 5.75 Å². The zero-order valence-electron chi connectivity index (χ0n) is 27.5. The number of rotatable bonds is 13. The number of nitro groups is 1. The Morgan fingerprint density at radius 2 is 1.44 bits per heavy atom. The monoisotopic (exact) mass is 705 g/mol. The van der Waals surface area contributed by atoms with Gasteiger partial charge in [0.15, 0.2) is 18.5 Å². The molecule has 0 saturated carbocycles. The number of aliphatic hydroxyl groups is 2. The third-order valence-corrected chi connectivity index (χ3v) is 7.62. The van der Waals surface area contributed by atoms with Crippen molar-refractivity contribution < 1.29 is 67.5 Å². The minimum atomic E-state index is -1.64. The van der Waals surface area contributed by atoms with Gasteiger partial charge in [-0.25, -0.2) is 0 Å². The molecule has 0 aromatic heterocycles. The molecule has 0 spiro atoms. The van der Waals surface area contributed by atoms with E-state index in [9.17, 15) is 39.5 Å². The summed E-state index contributed by atoms with van der Waals surface area (Å²) in [6, 6.07) is 11.0. The first kappa shape index (κ1) is 37.9. The summed E-state index contributed by atoms with van der Waals surface area (Å²) in [4.78, 5) is 59.5. The number of benzene rings is 2. The van der Waals surface area contributed by atoms with E-state index < -0.39 is 103 Å². The highest BCUT2D eigenvalue weighted by Crippen LogP contribution is 2.34. The number of aliphatic hydroxyl groups excluding tert-OH is 2. The summed E-state index contributed by atoms with van der Waals surface area (Å²) in [6.07, 6.45) is -11.4. The molecule has 4 rings (SSSR count). The minimum Gasteiger partial charge on any atom is -0.463 e. The Morgan fingerprint density at radius 1 is 0.820 bits per heavy atom. The smallest absolute Gasteiger partial charge is 0.303 e. The Balaban J connectivity index is 1.77. The van der Waals surface area contributed by atoms with Gasteiger partial charge in [-0.15, -0.1) is 0 Å². The topological polar surface area (TPSA) is 241 Å². The first-order valence-corrected chi connectivity index (χ1v) is 15.5. The number of nitrogens with one attached hydrogen (secondary N) is 2. The Bertz CT molecular complexity index is 1490. The van der Waals surface area contributed by atoms with Gasteiger partial charge < -0.3 is 54.0 Å². The van der Waals surface area contributed by atoms with E-state index >= 15 is 0 Å². The lowest BCUT2D eigenvalue weighted by Gasteiger charge is -2.49. The molecule has 2 heterocycles. The van der Waals surface area contributed by atoms with Crippen molar-refractivity contribution in [3.8, 4) is 5.75 Å². The minimum absolute atomic E-state index is 0.0842. The number of anilines is 1. The summed E-state index contributed by atoms with van der Waals surface area (Å²) in [6.45, 7) is 3.41. The zero-order valence-corrected chi connectivity index (χ0v) is 27.5. The first-order chi connectivity index (χ1) is 23.8. The number of nitrogens with zero attached hydrogens (tertiary/aromatic N) is 1. The van der Waals surface area contributed by atoms with Crippen molar-refractivity contribution in [1.82, 2.24) is 5.32 Å². The van der Waals surface area contributed by atoms with Gasteiger partial charge in [0.05, 0.1) is 11.5 Å². The van der Waals surface area contributed by atoms with Crippen molar-refractivity contribution in [2.45, 2.75) is 89.0 Å². The largest absolute Gasteiger partial charge is 0.463 e. The van der Waals surface area contributed by atoms with Gasteiger partial charge in [0, 0.05) is 45.5 Å². The van der Waals surface area contributed by atoms with Gasteiger partial charge in [-0.3, -0.25) is 29.3 Å². The van der Waals surface area contributed by atoms with E-state index in [0.717, 1.165) is 20.8 Å². The van der Waals surface area contributed by atoms with Crippen molar-refractivity contribution in [3.63, 3.8) is 0 Å². The van der Waals surface area contributed by atoms with E-state index in [-0.39, 0.29) is 11.4 Å². The van der Waals surface area contributed by atoms with Crippen LogP contribution in [0, 0.1) is 10.1 Å². The van der Waals surface area contributed by atoms with Gasteiger partial charge in [-0.05, 0) is 24.3 Å². The predicted octanol–water partition coefficient (Wildman–Crippen LogP) is 0.574. The maximum absolute atomic E-state index is 12.5. The van der Waals surface area contributed by atoms with E-state index in [4.69, 9.17) is 33.2 Å². The highest BCUT2D eigenvalue weighted by molar-refractivity contribution is 5.73. The molecule has 10 atom stereocenters. The summed E-state index contributed by atoms with van der Waals surface area (Å²) in [5.74, 6) is -2.73. The van der Waals surface area contributed by atoms with Crippen LogP contribution in [0.2, 0.25) is 0 Å². The molecule has 50 heavy (non-hydrogen) atoms. The number of hydrogen-bond acceptors (Lipinski definition) is 16. The number of nitro benzene ring substituents is 1. The zero-order chi connectivity index (χ0) is 36.5. The quantitative estimate of drug-likeness (QED) is 0.0964. The second kappa shape index (κ2) is 17.2. The van der Waals surface area contributed by atoms with Crippen LogP contribution in [-0.4, -0.2) is 113 Å². The molecule has 0 unspecified atom stereocenters. The fourth-order valence-electron chi connectivity index (χ4n) is 5.55. The number of para-hydroxylation sites is 1. The molecular formula is C32H39N3O15. The highest BCUT2D eigenvalue weighted by atomic mass is 16.7. The van der Waals surface area contributed by atoms with Gasteiger partial charge in [-0.2, -0.15) is 0 Å². The Labute approximate surface area is 286 Å². The Morgan fingerprint density at radius 3 is 2.00 bits per heavy atom. The van der Waals surface area contributed by atoms with Crippen LogP contribution in [-0.2, 0) is 47.6 Å². The maximum Gasteiger partial charge on any atom is 0.303 e. The van der Waals surface area contributed by atoms with Gasteiger partial charge in [0.25, 0.3) is 5.69 Å². The lowest BCUT2D eigenvalue weighted by molar-refractivity contribution is -0.384. The molecule has 2 saturated heterocycles. The molecule has 18 nitrogen and oxygen atoms in total. The van der Waals surface area contributed by atoms with Gasteiger partial charge in [0.2, 0.25) is 12.2 Å². The molecule has 2 fully saturated rings. The molecule has 0 bridgehead atoms. The number of esters is 3. The van der Waals surface area contributed by atoms with Gasteiger partial charge >= 0.3 is 17.9 Å². The van der Waals surface area contributed by atoms with Crippen molar-refractivity contribution in [2.75, 3.05) is 18.5 Å². The number of amides is 1. The van der Waals surface area contributed by atoms with Crippen molar-refractivity contribution in [2.24, 2.45) is 0 Å². The molecule has 2 aromatic carbocycles. The third kappa shape index (κ3) is 9.85. The Kier molecular flexibility index (Phi) is 13.0. The van der Waals surface area contributed by atoms with E-state index in [2.05, 4.69) is 10.6 Å². The lowest BCUT2D eigenvalue weighted by atomic mass is 9.94. The van der Waals surface area contributed by atoms with E-state index in [1.807, 2.05) is 0 Å². The maximum atomic E-state index is 12.5. The lowest BCUT2D eigenvalue weighted by Crippen LogP contribution is -2.69. The van der Waals surface area contributed by atoms with E-state index in [0.29, 0.717) is 5.69 Å². The number of non-ortho nitro benzene ring substituents is 1. The summed E-state index contributed by atoms with van der Waals surface area (Å²) >= 11 is 0. The van der Waals surface area contributed by atoms with E-state index in [1.54, 1.807) is 30.3 Å². The van der Waals surface area contributed by atoms with Crippen LogP contribution >= 0.6 is 0 Å². The number of hydrogen-bond donors (Lipinski definition) is 4. The molecule has 2 aliphatic heterocycles. The average Bonchev–Trinajstić information content (AvgIpc) is 3.05. The molecule has 18 heteroatoms. The molecule has 0 aliphatic carbocycles. The number of ether oxygens (including phenoxy) is 7. The van der Waals surface area contributed by atoms with E-state index in [1.165, 1.54) is 31.2 Å². The van der Waals surface area contributed by atoms with Crippen LogP contribution in [0.25, 0.3) is 0 Å². The van der Waals surface area contributed by atoms with Crippen molar-refractivity contribution >= 4 is 35.2 Å². The second-order valence-electron chi connectivity index (χ2n) is 11.4. The molecule has 2 aliphatic rings. The molecule has 4 N–H and O–H groups in total. The summed E-state index contributed by atoms with van der Waals surface area (Å²) in [5.41, 5.74) is 0.278. The summed E-state index contributed by atoms with van der Waals surface area (Å²) in [7, 11) is 0. The van der Waals surface area contributed by atoms with Crippen LogP contribution < -0.4 is 15.4 Å². The first-order valence-electron chi connectivity index (χ1n) is 15.5. The predicted molar refractivity (Wildman–Crippen MR) is 168 cm³/mol. The van der Waals surface area contributed by atoms with Gasteiger partial charge in [0.1, 0.15) is 48.9 Å². The SMILES string of the molecule is CC(=O)N[C@H]1[C@@H](Oc2ccc([N+](=O)[O-])cc2)O[C@H](CO)[C@H](O)[C@@H]1O[C@@H]1O[C@H](COC(C)=O)[C@@H](OC(C)=O)[C@H](OC(C)=O)[C@H]1Nc1ccccc1. The standard InChI is InChI=1S/C32H39N3O15/c1-16(37)33-25-29(27(41)23(14-36)48-31(25)47-22-12-10-21(11-13-22)35(42)43)50-32-26(34-20-8-6-5-7-9-20)30(46-19(4)40)28(45-18(3)39)24(49-32)15-44-17(2)38/h5-13,23-32,34,36,41H,14-15H2,1-4H3,(H,33,37)/t23-,24-,25-,26-,27+,28-,29-,30-,31+,32+/m1/s1. The average molecular weight is 706 g/mol. The van der Waals surface area contributed by atoms with Crippen LogP contribution in [0.15, 0.2) is 54.6 Å². The number of carbonyl (C=O) groups is 4. The summed E-state index contributed by atoms with van der Waals surface area (Å²) in [5, 5.41) is 38.5. The Hall–Kier alpha value is -4.88. The van der Waals surface area contributed by atoms with Crippen molar-refractivity contribution in [3.05, 3.63) is 64.7 Å². The van der Waals surface area contributed by atoms with Crippen LogP contribution in [0.4, 0.5) is 11.4 Å². The third-order valence-electron chi connectivity index (χ3n) is 7.62. The molecule has 1 amide bonds. The fraction of sp³-hybridized carbons (Fsp3) is 0.500. The van der Waals surface area contributed by atoms with Crippen LogP contribution in [0.1, 0.15) is 27.7 Å². The molecular weight excluding hydrogens is 666 g/mol. The fourth-order valence-corrected chi connectivity index (χ4v) is 5.55. The summed E-state index contributed by atoms with van der Waals surface area (Å²) < 4.78 is 40.8. The highest BCUT2D eigenvalue weighted by Gasteiger charge is 2.55. The second-order valence-corrected chi connectivity index (χ2v) is 11.4. The molecule has 272 valence electrons. The van der Waals surface area contributed by atoms with Crippen LogP contribution in [0.3, 0.4) is 0 Å². The van der Waals surface area contributed by atoms with Crippen molar-refractivity contribution in [1.29, 1.82) is 0 Å². The van der Waals surface area contributed by atoms with Gasteiger partial charge in [-0.1, -0.05) is 18.2 Å². The molecule has 2 aromatic rings. The molecule has 0 radical (unpaired) electrons. The number of carbonyl (C=O) groups excluding carboxylic acids is 4. The normalized spacial score (nSPS) is 29.2.